The molecule has 156 valence electrons. The van der Waals surface area contributed by atoms with Crippen molar-refractivity contribution in [2.45, 2.75) is 36.3 Å². The number of anilines is 2. The van der Waals surface area contributed by atoms with Crippen LogP contribution in [0.2, 0.25) is 0 Å². The number of para-hydroxylation sites is 2. The number of rotatable bonds is 5. The van der Waals surface area contributed by atoms with Gasteiger partial charge in [0.2, 0.25) is 5.91 Å². The highest BCUT2D eigenvalue weighted by atomic mass is 32.2. The van der Waals surface area contributed by atoms with E-state index in [1.54, 1.807) is 17.5 Å². The molecule has 0 radical (unpaired) electrons. The van der Waals surface area contributed by atoms with Crippen LogP contribution in [0.4, 0.5) is 11.4 Å². The number of amides is 1. The van der Waals surface area contributed by atoms with Gasteiger partial charge in [0, 0.05) is 26.2 Å². The van der Waals surface area contributed by atoms with E-state index in [1.165, 1.54) is 34.9 Å². The molecule has 0 bridgehead atoms. The minimum Gasteiger partial charge on any atom is -0.370 e. The van der Waals surface area contributed by atoms with E-state index in [1.807, 2.05) is 18.2 Å². The quantitative estimate of drug-likeness (QED) is 0.779. The molecule has 2 aromatic rings. The molecule has 29 heavy (non-hydrogen) atoms. The predicted molar refractivity (Wildman–Crippen MR) is 117 cm³/mol. The second-order valence-corrected chi connectivity index (χ2v) is 10.8. The number of carbonyl (C=O) groups excluding carboxylic acids is 1. The summed E-state index contributed by atoms with van der Waals surface area (Å²) in [5.41, 5.74) is 1.87. The summed E-state index contributed by atoms with van der Waals surface area (Å²) in [7, 11) is -3.52. The van der Waals surface area contributed by atoms with Gasteiger partial charge in [0.15, 0.2) is 0 Å². The molecule has 1 amide bonds. The van der Waals surface area contributed by atoms with Gasteiger partial charge in [-0.05, 0) is 55.7 Å². The summed E-state index contributed by atoms with van der Waals surface area (Å²) in [5.74, 6) is -0.437. The fraction of sp³-hybridized carbons (Fsp3) is 0.476. The minimum atomic E-state index is -3.52. The number of benzene rings is 1. The van der Waals surface area contributed by atoms with Crippen molar-refractivity contribution in [1.82, 2.24) is 4.31 Å². The Morgan fingerprint density at radius 1 is 1.00 bits per heavy atom. The van der Waals surface area contributed by atoms with Crippen molar-refractivity contribution in [2.75, 3.05) is 36.4 Å². The van der Waals surface area contributed by atoms with E-state index in [2.05, 4.69) is 16.3 Å². The Labute approximate surface area is 176 Å². The molecular weight excluding hydrogens is 406 g/mol. The Hall–Kier alpha value is -1.90. The molecule has 0 unspecified atom stereocenters. The third-order valence-corrected chi connectivity index (χ3v) is 8.94. The molecule has 1 atom stereocenters. The van der Waals surface area contributed by atoms with Crippen LogP contribution in [0, 0.1) is 5.92 Å². The summed E-state index contributed by atoms with van der Waals surface area (Å²) in [6, 6.07) is 11.3. The SMILES string of the molecule is O=C(Nc1ccccc1N1CCCCC1)[C@@H]1CCCN(S(=O)(=O)c2cccs2)C1. The molecule has 1 aromatic carbocycles. The van der Waals surface area contributed by atoms with Gasteiger partial charge in [-0.1, -0.05) is 18.2 Å². The van der Waals surface area contributed by atoms with Crippen molar-refractivity contribution < 1.29 is 13.2 Å². The number of hydrogen-bond donors (Lipinski definition) is 1. The highest BCUT2D eigenvalue weighted by molar-refractivity contribution is 7.91. The predicted octanol–water partition coefficient (Wildman–Crippen LogP) is 3.78. The van der Waals surface area contributed by atoms with Gasteiger partial charge in [0.25, 0.3) is 10.0 Å². The van der Waals surface area contributed by atoms with Gasteiger partial charge in [-0.25, -0.2) is 8.42 Å². The maximum absolute atomic E-state index is 13.0. The summed E-state index contributed by atoms with van der Waals surface area (Å²) >= 11 is 1.22. The molecule has 2 aliphatic heterocycles. The second kappa shape index (κ2) is 8.85. The van der Waals surface area contributed by atoms with Crippen LogP contribution in [0.15, 0.2) is 46.0 Å². The van der Waals surface area contributed by atoms with E-state index in [-0.39, 0.29) is 18.4 Å². The van der Waals surface area contributed by atoms with Crippen molar-refractivity contribution >= 4 is 38.6 Å². The molecule has 0 saturated carbocycles. The molecular formula is C21H27N3O3S2. The van der Waals surface area contributed by atoms with E-state index < -0.39 is 10.0 Å². The molecule has 6 nitrogen and oxygen atoms in total. The van der Waals surface area contributed by atoms with Crippen molar-refractivity contribution in [3.8, 4) is 0 Å². The third-order valence-electron chi connectivity index (χ3n) is 5.70. The van der Waals surface area contributed by atoms with Crippen LogP contribution < -0.4 is 10.2 Å². The van der Waals surface area contributed by atoms with E-state index in [0.717, 1.165) is 24.5 Å². The van der Waals surface area contributed by atoms with Crippen molar-refractivity contribution in [2.24, 2.45) is 5.92 Å². The average molecular weight is 434 g/mol. The van der Waals surface area contributed by atoms with Gasteiger partial charge in [-0.15, -0.1) is 11.3 Å². The Balaban J connectivity index is 1.46. The van der Waals surface area contributed by atoms with Crippen molar-refractivity contribution in [3.63, 3.8) is 0 Å². The number of thiophene rings is 1. The molecule has 4 rings (SSSR count). The standard InChI is InChI=1S/C21H27N3O3S2/c25-21(22-18-9-2-3-10-19(18)23-12-4-1-5-13-23)17-8-6-14-24(16-17)29(26,27)20-11-7-15-28-20/h2-3,7,9-11,15,17H,1,4-6,8,12-14,16H2,(H,22,25)/t17-/m1/s1. The van der Waals surface area contributed by atoms with Crippen LogP contribution in [-0.2, 0) is 14.8 Å². The van der Waals surface area contributed by atoms with Gasteiger partial charge in [-0.3, -0.25) is 4.79 Å². The van der Waals surface area contributed by atoms with Crippen molar-refractivity contribution in [3.05, 3.63) is 41.8 Å². The molecule has 1 N–H and O–H groups in total. The smallest absolute Gasteiger partial charge is 0.252 e. The maximum Gasteiger partial charge on any atom is 0.252 e. The average Bonchev–Trinajstić information content (AvgIpc) is 3.31. The first kappa shape index (κ1) is 20.4. The lowest BCUT2D eigenvalue weighted by molar-refractivity contribution is -0.120. The summed E-state index contributed by atoms with van der Waals surface area (Å²) in [6.45, 7) is 2.71. The third kappa shape index (κ3) is 4.49. The maximum atomic E-state index is 13.0. The molecule has 2 aliphatic rings. The number of nitrogens with zero attached hydrogens (tertiary/aromatic N) is 2. The van der Waals surface area contributed by atoms with E-state index in [4.69, 9.17) is 0 Å². The topological polar surface area (TPSA) is 69.7 Å². The second-order valence-electron chi connectivity index (χ2n) is 7.69. The zero-order chi connectivity index (χ0) is 20.3. The van der Waals surface area contributed by atoms with E-state index in [9.17, 15) is 13.2 Å². The number of carbonyl (C=O) groups is 1. The van der Waals surface area contributed by atoms with Gasteiger partial charge < -0.3 is 10.2 Å². The lowest BCUT2D eigenvalue weighted by Gasteiger charge is -2.32. The molecule has 2 fully saturated rings. The minimum absolute atomic E-state index is 0.0967. The zero-order valence-corrected chi connectivity index (χ0v) is 18.1. The first-order valence-electron chi connectivity index (χ1n) is 10.2. The Morgan fingerprint density at radius 2 is 1.79 bits per heavy atom. The van der Waals surface area contributed by atoms with Gasteiger partial charge in [-0.2, -0.15) is 4.31 Å². The molecule has 1 aromatic heterocycles. The highest BCUT2D eigenvalue weighted by Crippen LogP contribution is 2.30. The first-order valence-corrected chi connectivity index (χ1v) is 12.6. The molecule has 2 saturated heterocycles. The normalized spacial score (nSPS) is 21.1. The lowest BCUT2D eigenvalue weighted by Crippen LogP contribution is -2.43. The summed E-state index contributed by atoms with van der Waals surface area (Å²) in [5, 5.41) is 4.85. The van der Waals surface area contributed by atoms with Crippen LogP contribution in [0.3, 0.4) is 0 Å². The molecule has 0 aliphatic carbocycles. The number of piperidine rings is 2. The fourth-order valence-electron chi connectivity index (χ4n) is 4.14. The summed E-state index contributed by atoms with van der Waals surface area (Å²) in [4.78, 5) is 15.3. The number of sulfonamides is 1. The highest BCUT2D eigenvalue weighted by Gasteiger charge is 2.34. The molecule has 0 spiro atoms. The van der Waals surface area contributed by atoms with Gasteiger partial charge in [0.05, 0.1) is 17.3 Å². The Kier molecular flexibility index (Phi) is 6.22. The van der Waals surface area contributed by atoms with E-state index >= 15 is 0 Å². The zero-order valence-electron chi connectivity index (χ0n) is 16.4. The monoisotopic (exact) mass is 433 g/mol. The van der Waals surface area contributed by atoms with Gasteiger partial charge in [0.1, 0.15) is 4.21 Å². The number of nitrogens with one attached hydrogen (secondary N) is 1. The van der Waals surface area contributed by atoms with Gasteiger partial charge >= 0.3 is 0 Å². The van der Waals surface area contributed by atoms with Crippen LogP contribution in [-0.4, -0.2) is 44.8 Å². The van der Waals surface area contributed by atoms with Crippen LogP contribution >= 0.6 is 11.3 Å². The largest absolute Gasteiger partial charge is 0.370 e. The summed E-state index contributed by atoms with van der Waals surface area (Å²) in [6.07, 6.45) is 4.98. The van der Waals surface area contributed by atoms with E-state index in [0.29, 0.717) is 23.6 Å². The fourth-order valence-corrected chi connectivity index (χ4v) is 6.81. The Morgan fingerprint density at radius 3 is 2.55 bits per heavy atom. The molecule has 8 heteroatoms. The van der Waals surface area contributed by atoms with Crippen LogP contribution in [0.1, 0.15) is 32.1 Å². The van der Waals surface area contributed by atoms with Crippen LogP contribution in [0.5, 0.6) is 0 Å². The van der Waals surface area contributed by atoms with Crippen LogP contribution in [0.25, 0.3) is 0 Å². The first-order chi connectivity index (χ1) is 14.1. The lowest BCUT2D eigenvalue weighted by atomic mass is 9.98. The number of hydrogen-bond acceptors (Lipinski definition) is 5. The van der Waals surface area contributed by atoms with Crippen molar-refractivity contribution in [1.29, 1.82) is 0 Å². The molecule has 3 heterocycles. The Bertz CT molecular complexity index is 938. The summed E-state index contributed by atoms with van der Waals surface area (Å²) < 4.78 is 27.5.